The van der Waals surface area contributed by atoms with Crippen molar-refractivity contribution in [3.63, 3.8) is 0 Å². The molecule has 10 heteroatoms. The van der Waals surface area contributed by atoms with Gasteiger partial charge in [0.15, 0.2) is 29.1 Å². The topological polar surface area (TPSA) is 113 Å². The van der Waals surface area contributed by atoms with E-state index in [1.165, 1.54) is 20.3 Å². The van der Waals surface area contributed by atoms with E-state index in [0.29, 0.717) is 11.5 Å². The summed E-state index contributed by atoms with van der Waals surface area (Å²) >= 11 is 0. The third kappa shape index (κ3) is 8.03. The summed E-state index contributed by atoms with van der Waals surface area (Å²) in [4.78, 5) is 25.4. The van der Waals surface area contributed by atoms with E-state index in [9.17, 15) is 18.4 Å². The average Bonchev–Trinajstić information content (AvgIpc) is 2.89. The molecule has 4 N–H and O–H groups in total. The number of nitrogens with one attached hydrogen (secondary N) is 4. The molecule has 3 aromatic carbocycles. The maximum Gasteiger partial charge on any atom is 0.243 e. The molecule has 0 aromatic heterocycles. The fourth-order valence-corrected chi connectivity index (χ4v) is 3.59. The Labute approximate surface area is 213 Å². The molecule has 0 aliphatic heterocycles. The second-order valence-corrected chi connectivity index (χ2v) is 8.14. The zero-order chi connectivity index (χ0) is 26.8. The molecule has 194 valence electrons. The highest BCUT2D eigenvalue weighted by molar-refractivity contribution is 5.98. The highest BCUT2D eigenvalue weighted by atomic mass is 19.2. The van der Waals surface area contributed by atoms with Gasteiger partial charge in [-0.2, -0.15) is 0 Å². The van der Waals surface area contributed by atoms with Crippen LogP contribution in [0.4, 0.5) is 8.78 Å². The van der Waals surface area contributed by atoms with E-state index in [2.05, 4.69) is 16.0 Å². The van der Waals surface area contributed by atoms with Gasteiger partial charge in [-0.25, -0.2) is 8.78 Å². The first-order chi connectivity index (χ1) is 17.8. The molecular formula is C27H28F2N4O4. The minimum absolute atomic E-state index is 0.196. The van der Waals surface area contributed by atoms with Gasteiger partial charge in [0.2, 0.25) is 11.8 Å². The first kappa shape index (κ1) is 27.1. The average molecular weight is 511 g/mol. The van der Waals surface area contributed by atoms with Crippen molar-refractivity contribution in [3.05, 3.63) is 95.1 Å². The lowest BCUT2D eigenvalue weighted by Crippen LogP contribution is -2.52. The van der Waals surface area contributed by atoms with Crippen LogP contribution in [0.2, 0.25) is 0 Å². The molecule has 0 spiro atoms. The minimum Gasteiger partial charge on any atom is -0.493 e. The predicted molar refractivity (Wildman–Crippen MR) is 134 cm³/mol. The summed E-state index contributed by atoms with van der Waals surface area (Å²) in [5, 5.41) is 16.1. The molecule has 3 rings (SSSR count). The third-order valence-electron chi connectivity index (χ3n) is 5.45. The van der Waals surface area contributed by atoms with Crippen molar-refractivity contribution in [2.75, 3.05) is 14.2 Å². The predicted octanol–water partition coefficient (Wildman–Crippen LogP) is 3.09. The molecule has 8 nitrogen and oxygen atoms in total. The molecular weight excluding hydrogens is 482 g/mol. The Balaban J connectivity index is 1.64. The molecule has 0 aliphatic carbocycles. The van der Waals surface area contributed by atoms with Crippen molar-refractivity contribution >= 4 is 17.8 Å². The molecule has 37 heavy (non-hydrogen) atoms. The fourth-order valence-electron chi connectivity index (χ4n) is 3.59. The van der Waals surface area contributed by atoms with Crippen LogP contribution >= 0.6 is 0 Å². The number of halogens is 2. The molecule has 0 saturated heterocycles. The summed E-state index contributed by atoms with van der Waals surface area (Å²) in [5.41, 5.74) is 1.87. The summed E-state index contributed by atoms with van der Waals surface area (Å²) in [5.74, 6) is -2.39. The Hall–Kier alpha value is -4.47. The molecule has 0 saturated carbocycles. The van der Waals surface area contributed by atoms with Crippen molar-refractivity contribution in [1.29, 1.82) is 5.41 Å². The molecule has 0 unspecified atom stereocenters. The first-order valence-corrected chi connectivity index (χ1v) is 11.4. The lowest BCUT2D eigenvalue weighted by Gasteiger charge is -2.20. The van der Waals surface area contributed by atoms with Gasteiger partial charge < -0.3 is 20.1 Å². The largest absolute Gasteiger partial charge is 0.493 e. The summed E-state index contributed by atoms with van der Waals surface area (Å²) in [6, 6.07) is 16.8. The number of carbonyl (C=O) groups is 2. The van der Waals surface area contributed by atoms with E-state index in [-0.39, 0.29) is 24.9 Å². The van der Waals surface area contributed by atoms with Gasteiger partial charge in [-0.3, -0.25) is 20.3 Å². The minimum atomic E-state index is -1.06. The van der Waals surface area contributed by atoms with Gasteiger partial charge in [0.1, 0.15) is 6.04 Å². The number of guanidine groups is 1. The smallest absolute Gasteiger partial charge is 0.243 e. The Morgan fingerprint density at radius 1 is 0.865 bits per heavy atom. The van der Waals surface area contributed by atoms with Crippen LogP contribution in [0.3, 0.4) is 0 Å². The van der Waals surface area contributed by atoms with E-state index >= 15 is 0 Å². The van der Waals surface area contributed by atoms with Crippen LogP contribution in [0.15, 0.2) is 66.7 Å². The highest BCUT2D eigenvalue weighted by Gasteiger charge is 2.21. The van der Waals surface area contributed by atoms with Gasteiger partial charge in [0.25, 0.3) is 0 Å². The molecule has 2 amide bonds. The van der Waals surface area contributed by atoms with Crippen molar-refractivity contribution in [3.8, 4) is 11.5 Å². The first-order valence-electron chi connectivity index (χ1n) is 11.4. The van der Waals surface area contributed by atoms with Gasteiger partial charge in [-0.1, -0.05) is 42.5 Å². The number of hydrogen-bond donors (Lipinski definition) is 4. The van der Waals surface area contributed by atoms with E-state index in [1.54, 1.807) is 18.2 Å². The Morgan fingerprint density at radius 2 is 1.57 bits per heavy atom. The monoisotopic (exact) mass is 510 g/mol. The van der Waals surface area contributed by atoms with Crippen molar-refractivity contribution < 1.29 is 27.8 Å². The van der Waals surface area contributed by atoms with E-state index in [4.69, 9.17) is 14.9 Å². The summed E-state index contributed by atoms with van der Waals surface area (Å²) in [7, 11) is 3.05. The van der Waals surface area contributed by atoms with Gasteiger partial charge in [0.05, 0.1) is 20.6 Å². The summed E-state index contributed by atoms with van der Waals surface area (Å²) in [6.07, 6.45) is -0.0177. The quantitative estimate of drug-likeness (QED) is 0.247. The lowest BCUT2D eigenvalue weighted by atomic mass is 10.1. The number of benzene rings is 3. The van der Waals surface area contributed by atoms with Crippen molar-refractivity contribution in [2.45, 2.75) is 25.4 Å². The molecule has 0 aliphatic rings. The SMILES string of the molecule is COc1ccc(CNC(=O)[C@@H](Cc2ccccc2)NC(=N)NC(=O)Cc2ccc(F)c(F)c2)cc1OC. The fraction of sp³-hybridized carbons (Fsp3) is 0.222. The van der Waals surface area contributed by atoms with Crippen LogP contribution in [0, 0.1) is 17.0 Å². The van der Waals surface area contributed by atoms with Crippen LogP contribution < -0.4 is 25.4 Å². The molecule has 0 radical (unpaired) electrons. The normalized spacial score (nSPS) is 11.2. The Kier molecular flexibility index (Phi) is 9.54. The van der Waals surface area contributed by atoms with Crippen LogP contribution in [0.1, 0.15) is 16.7 Å². The number of carbonyl (C=O) groups excluding carboxylic acids is 2. The Morgan fingerprint density at radius 3 is 2.24 bits per heavy atom. The lowest BCUT2D eigenvalue weighted by molar-refractivity contribution is -0.123. The molecule has 0 heterocycles. The van der Waals surface area contributed by atoms with Crippen molar-refractivity contribution in [1.82, 2.24) is 16.0 Å². The molecule has 0 fully saturated rings. The highest BCUT2D eigenvalue weighted by Crippen LogP contribution is 2.27. The second kappa shape index (κ2) is 13.0. The molecule has 0 bridgehead atoms. The second-order valence-electron chi connectivity index (χ2n) is 8.14. The van der Waals surface area contributed by atoms with E-state index in [0.717, 1.165) is 23.3 Å². The standard InChI is InChI=1S/C27H28F2N4O4/c1-36-23-11-9-19(14-24(23)37-2)16-31-26(35)22(13-17-6-4-3-5-7-17)32-27(30)33-25(34)15-18-8-10-20(28)21(29)12-18/h3-12,14,22H,13,15-16H2,1-2H3,(H,31,35)(H3,30,32,33,34)/t22-/m1/s1. The summed E-state index contributed by atoms with van der Waals surface area (Å²) in [6.45, 7) is 0.196. The van der Waals surface area contributed by atoms with Crippen molar-refractivity contribution in [2.24, 2.45) is 0 Å². The number of rotatable bonds is 10. The van der Waals surface area contributed by atoms with Crippen LogP contribution in [-0.2, 0) is 29.0 Å². The van der Waals surface area contributed by atoms with Crippen LogP contribution in [0.5, 0.6) is 11.5 Å². The van der Waals surface area contributed by atoms with Gasteiger partial charge in [-0.05, 0) is 41.0 Å². The van der Waals surface area contributed by atoms with Crippen LogP contribution in [0.25, 0.3) is 0 Å². The Bertz CT molecular complexity index is 1250. The zero-order valence-electron chi connectivity index (χ0n) is 20.4. The number of hydrogen-bond acceptors (Lipinski definition) is 5. The van der Waals surface area contributed by atoms with Gasteiger partial charge in [0, 0.05) is 13.0 Å². The molecule has 3 aromatic rings. The van der Waals surface area contributed by atoms with E-state index < -0.39 is 35.5 Å². The number of ether oxygens (including phenoxy) is 2. The number of methoxy groups -OCH3 is 2. The van der Waals surface area contributed by atoms with Gasteiger partial charge in [-0.15, -0.1) is 0 Å². The molecule has 1 atom stereocenters. The third-order valence-corrected chi connectivity index (χ3v) is 5.45. The number of amides is 2. The maximum atomic E-state index is 13.4. The van der Waals surface area contributed by atoms with E-state index in [1.807, 2.05) is 30.3 Å². The summed E-state index contributed by atoms with van der Waals surface area (Å²) < 4.78 is 37.1. The van der Waals surface area contributed by atoms with Gasteiger partial charge >= 0.3 is 0 Å². The maximum absolute atomic E-state index is 13.4. The van der Waals surface area contributed by atoms with Crippen LogP contribution in [-0.4, -0.2) is 38.0 Å². The zero-order valence-corrected chi connectivity index (χ0v) is 20.4.